The standard InChI is InChI=1S/C23H16ClFN4O4S/c1-13(21(30)26-19-12-14(29(32)33)10-11-16(19)24)34-23-27-18-8-4-2-6-15(18)22(31)28(23)20-9-5-3-7-17(20)25/h2-13H,1H3,(H,26,30). The van der Waals surface area contributed by atoms with Crippen LogP contribution in [0.5, 0.6) is 0 Å². The highest BCUT2D eigenvalue weighted by molar-refractivity contribution is 8.00. The minimum absolute atomic E-state index is 0.00240. The van der Waals surface area contributed by atoms with E-state index in [1.54, 1.807) is 37.3 Å². The molecule has 1 amide bonds. The van der Waals surface area contributed by atoms with E-state index >= 15 is 0 Å². The van der Waals surface area contributed by atoms with Crippen molar-refractivity contribution in [2.24, 2.45) is 0 Å². The Hall–Kier alpha value is -3.76. The van der Waals surface area contributed by atoms with Gasteiger partial charge in [-0.1, -0.05) is 47.6 Å². The molecule has 3 aromatic carbocycles. The van der Waals surface area contributed by atoms with E-state index in [4.69, 9.17) is 11.6 Å². The van der Waals surface area contributed by atoms with Crippen LogP contribution in [-0.4, -0.2) is 25.6 Å². The van der Waals surface area contributed by atoms with Crippen LogP contribution in [0.15, 0.2) is 76.7 Å². The third-order valence-electron chi connectivity index (χ3n) is 4.91. The predicted octanol–water partition coefficient (Wildman–Crippen LogP) is 5.21. The van der Waals surface area contributed by atoms with Crippen molar-refractivity contribution in [1.82, 2.24) is 9.55 Å². The number of carbonyl (C=O) groups is 1. The fourth-order valence-electron chi connectivity index (χ4n) is 3.21. The van der Waals surface area contributed by atoms with E-state index in [0.29, 0.717) is 10.9 Å². The summed E-state index contributed by atoms with van der Waals surface area (Å²) in [5.74, 6) is -1.15. The third-order valence-corrected chi connectivity index (χ3v) is 6.29. The first-order chi connectivity index (χ1) is 16.3. The van der Waals surface area contributed by atoms with E-state index in [1.807, 2.05) is 0 Å². The number of amides is 1. The first-order valence-electron chi connectivity index (χ1n) is 9.94. The summed E-state index contributed by atoms with van der Waals surface area (Å²) in [5, 5.41) is 13.3. The van der Waals surface area contributed by atoms with E-state index < -0.39 is 27.5 Å². The van der Waals surface area contributed by atoms with Gasteiger partial charge in [-0.25, -0.2) is 9.37 Å². The Morgan fingerprint density at radius 1 is 1.18 bits per heavy atom. The van der Waals surface area contributed by atoms with Crippen LogP contribution < -0.4 is 10.9 Å². The van der Waals surface area contributed by atoms with Crippen molar-refractivity contribution >= 4 is 51.5 Å². The molecule has 4 aromatic rings. The largest absolute Gasteiger partial charge is 0.324 e. The molecule has 8 nitrogen and oxygen atoms in total. The smallest absolute Gasteiger partial charge is 0.271 e. The number of carbonyl (C=O) groups excluding carboxylic acids is 1. The lowest BCUT2D eigenvalue weighted by atomic mass is 10.2. The summed E-state index contributed by atoms with van der Waals surface area (Å²) >= 11 is 7.02. The summed E-state index contributed by atoms with van der Waals surface area (Å²) in [4.78, 5) is 41.1. The molecule has 0 fully saturated rings. The van der Waals surface area contributed by atoms with Crippen LogP contribution in [0, 0.1) is 15.9 Å². The van der Waals surface area contributed by atoms with Gasteiger partial charge >= 0.3 is 0 Å². The molecule has 4 rings (SSSR count). The fourth-order valence-corrected chi connectivity index (χ4v) is 4.29. The number of benzene rings is 3. The Kier molecular flexibility index (Phi) is 6.62. The van der Waals surface area contributed by atoms with Gasteiger partial charge in [0.2, 0.25) is 5.91 Å². The molecule has 11 heteroatoms. The lowest BCUT2D eigenvalue weighted by Crippen LogP contribution is -2.26. The summed E-state index contributed by atoms with van der Waals surface area (Å²) in [5.41, 5.74) is -0.233. The van der Waals surface area contributed by atoms with Crippen molar-refractivity contribution in [1.29, 1.82) is 0 Å². The van der Waals surface area contributed by atoms with Gasteiger partial charge in [0.25, 0.3) is 11.2 Å². The maximum atomic E-state index is 14.6. The number of aromatic nitrogens is 2. The predicted molar refractivity (Wildman–Crippen MR) is 129 cm³/mol. The number of halogens is 2. The molecule has 1 aromatic heterocycles. The number of nitrogens with zero attached hydrogens (tertiary/aromatic N) is 3. The number of fused-ring (bicyclic) bond motifs is 1. The van der Waals surface area contributed by atoms with E-state index in [9.17, 15) is 24.1 Å². The van der Waals surface area contributed by atoms with Gasteiger partial charge in [-0.05, 0) is 37.3 Å². The lowest BCUT2D eigenvalue weighted by molar-refractivity contribution is -0.384. The average molecular weight is 499 g/mol. The molecule has 0 saturated heterocycles. The average Bonchev–Trinajstić information content (AvgIpc) is 2.81. The second-order valence-corrected chi connectivity index (χ2v) is 8.89. The number of rotatable bonds is 6. The lowest BCUT2D eigenvalue weighted by Gasteiger charge is -2.17. The third kappa shape index (κ3) is 4.63. The van der Waals surface area contributed by atoms with Crippen LogP contribution in [-0.2, 0) is 4.79 Å². The Morgan fingerprint density at radius 3 is 2.62 bits per heavy atom. The summed E-state index contributed by atoms with van der Waals surface area (Å²) in [6.45, 7) is 1.57. The molecule has 0 saturated carbocycles. The number of hydrogen-bond donors (Lipinski definition) is 1. The minimum Gasteiger partial charge on any atom is -0.324 e. The summed E-state index contributed by atoms with van der Waals surface area (Å²) < 4.78 is 15.8. The molecule has 0 radical (unpaired) electrons. The molecule has 1 N–H and O–H groups in total. The molecule has 0 spiro atoms. The Bertz CT molecular complexity index is 1490. The van der Waals surface area contributed by atoms with Gasteiger partial charge in [-0.15, -0.1) is 0 Å². The Labute approximate surface area is 201 Å². The SMILES string of the molecule is CC(Sc1nc2ccccc2c(=O)n1-c1ccccc1F)C(=O)Nc1cc([N+](=O)[O-])ccc1Cl. The molecule has 172 valence electrons. The molecule has 1 heterocycles. The zero-order chi connectivity index (χ0) is 24.4. The van der Waals surface area contributed by atoms with Crippen molar-refractivity contribution in [2.75, 3.05) is 5.32 Å². The summed E-state index contributed by atoms with van der Waals surface area (Å²) in [6, 6.07) is 16.1. The van der Waals surface area contributed by atoms with Crippen LogP contribution in [0.1, 0.15) is 6.92 Å². The number of hydrogen-bond acceptors (Lipinski definition) is 6. The van der Waals surface area contributed by atoms with E-state index in [1.165, 1.54) is 30.3 Å². The van der Waals surface area contributed by atoms with Crippen molar-refractivity contribution in [2.45, 2.75) is 17.3 Å². The number of thioether (sulfide) groups is 1. The van der Waals surface area contributed by atoms with Gasteiger partial charge in [-0.3, -0.25) is 24.3 Å². The number of nitrogens with one attached hydrogen (secondary N) is 1. The number of nitro benzene ring substituents is 1. The van der Waals surface area contributed by atoms with E-state index in [0.717, 1.165) is 22.4 Å². The summed E-state index contributed by atoms with van der Waals surface area (Å²) in [7, 11) is 0. The van der Waals surface area contributed by atoms with E-state index in [-0.39, 0.29) is 27.2 Å². The van der Waals surface area contributed by atoms with Crippen LogP contribution in [0.3, 0.4) is 0 Å². The summed E-state index contributed by atoms with van der Waals surface area (Å²) in [6.07, 6.45) is 0. The van der Waals surface area contributed by atoms with Gasteiger partial charge in [-0.2, -0.15) is 0 Å². The molecule has 1 atom stereocenters. The van der Waals surface area contributed by atoms with Crippen molar-refractivity contribution in [3.8, 4) is 5.69 Å². The first-order valence-corrected chi connectivity index (χ1v) is 11.2. The highest BCUT2D eigenvalue weighted by Crippen LogP contribution is 2.30. The van der Waals surface area contributed by atoms with Gasteiger partial charge in [0, 0.05) is 12.1 Å². The zero-order valence-electron chi connectivity index (χ0n) is 17.6. The topological polar surface area (TPSA) is 107 Å². The fraction of sp³-hybridized carbons (Fsp3) is 0.0870. The second kappa shape index (κ2) is 9.62. The van der Waals surface area contributed by atoms with Gasteiger partial charge in [0.15, 0.2) is 5.16 Å². The molecule has 0 aliphatic heterocycles. The molecule has 0 bridgehead atoms. The molecule has 0 aliphatic rings. The number of anilines is 1. The molecular weight excluding hydrogens is 483 g/mol. The second-order valence-electron chi connectivity index (χ2n) is 7.17. The van der Waals surface area contributed by atoms with E-state index in [2.05, 4.69) is 10.3 Å². The van der Waals surface area contributed by atoms with Crippen LogP contribution >= 0.6 is 23.4 Å². The minimum atomic E-state index is -0.818. The monoisotopic (exact) mass is 498 g/mol. The molecular formula is C23H16ClFN4O4S. The molecule has 1 unspecified atom stereocenters. The normalized spacial score (nSPS) is 11.9. The van der Waals surface area contributed by atoms with Crippen LogP contribution in [0.2, 0.25) is 5.02 Å². The maximum absolute atomic E-state index is 14.6. The van der Waals surface area contributed by atoms with Crippen LogP contribution in [0.25, 0.3) is 16.6 Å². The highest BCUT2D eigenvalue weighted by atomic mass is 35.5. The number of nitro groups is 1. The van der Waals surface area contributed by atoms with Gasteiger partial charge in [0.1, 0.15) is 5.82 Å². The zero-order valence-corrected chi connectivity index (χ0v) is 19.1. The molecule has 34 heavy (non-hydrogen) atoms. The Balaban J connectivity index is 1.72. The van der Waals surface area contributed by atoms with Crippen molar-refractivity contribution in [3.63, 3.8) is 0 Å². The van der Waals surface area contributed by atoms with Gasteiger partial charge in [0.05, 0.1) is 37.5 Å². The maximum Gasteiger partial charge on any atom is 0.271 e. The number of non-ortho nitro benzene ring substituents is 1. The highest BCUT2D eigenvalue weighted by Gasteiger charge is 2.22. The number of para-hydroxylation sites is 2. The first kappa shape index (κ1) is 23.4. The van der Waals surface area contributed by atoms with Crippen molar-refractivity contribution in [3.05, 3.63) is 98.0 Å². The van der Waals surface area contributed by atoms with Crippen LogP contribution in [0.4, 0.5) is 15.8 Å². The van der Waals surface area contributed by atoms with Gasteiger partial charge < -0.3 is 5.32 Å². The van der Waals surface area contributed by atoms with Crippen molar-refractivity contribution < 1.29 is 14.1 Å². The quantitative estimate of drug-likeness (QED) is 0.169. The molecule has 0 aliphatic carbocycles. The Morgan fingerprint density at radius 2 is 1.88 bits per heavy atom.